The molecule has 4 heterocycles. The summed E-state index contributed by atoms with van der Waals surface area (Å²) in [5, 5.41) is -0.522. The number of nitrogen functional groups attached to an aromatic ring is 1. The molecule has 0 radical (unpaired) electrons. The van der Waals surface area contributed by atoms with Crippen LogP contribution in [0.4, 0.5) is 5.95 Å². The summed E-state index contributed by atoms with van der Waals surface area (Å²) in [4.78, 5) is 32.9. The van der Waals surface area contributed by atoms with Crippen LogP contribution in [0.5, 0.6) is 0 Å². The van der Waals surface area contributed by atoms with Gasteiger partial charge in [0.2, 0.25) is 5.95 Å². The first-order valence-electron chi connectivity index (χ1n) is 10.5. The Bertz CT molecular complexity index is 1090. The zero-order chi connectivity index (χ0) is 23.6. The van der Waals surface area contributed by atoms with Gasteiger partial charge in [-0.25, -0.2) is 4.98 Å². The number of esters is 1. The summed E-state index contributed by atoms with van der Waals surface area (Å²) in [5.74, 6) is -0.449. The van der Waals surface area contributed by atoms with E-state index in [2.05, 4.69) is 51.5 Å². The molecule has 0 unspecified atom stereocenters. The Hall–Kier alpha value is -1.86. The van der Waals surface area contributed by atoms with E-state index in [0.29, 0.717) is 10.3 Å². The Labute approximate surface area is 191 Å². The van der Waals surface area contributed by atoms with Crippen LogP contribution in [0, 0.1) is 0 Å². The van der Waals surface area contributed by atoms with Gasteiger partial charge in [0, 0.05) is 17.0 Å². The summed E-state index contributed by atoms with van der Waals surface area (Å²) in [7, 11) is -2.86. The SMILES string of the molecule is CC(=O)O[C@@H]1[C@H]2O[Si](C(C)(C)C)(C(C)(C)C)OC[C@H]2O[C@H]1n1c(=O)sc2cnc(N)nc21. The molecule has 2 saturated heterocycles. The van der Waals surface area contributed by atoms with Crippen LogP contribution in [-0.4, -0.2) is 54.0 Å². The zero-order valence-electron chi connectivity index (χ0n) is 19.4. The Morgan fingerprint density at radius 2 is 1.94 bits per heavy atom. The molecule has 10 nitrogen and oxygen atoms in total. The summed E-state index contributed by atoms with van der Waals surface area (Å²) < 4.78 is 27.2. The normalized spacial score (nSPS) is 28.0. The van der Waals surface area contributed by atoms with Crippen LogP contribution in [-0.2, 0) is 23.1 Å². The van der Waals surface area contributed by atoms with Gasteiger partial charge in [0.1, 0.15) is 12.2 Å². The third-order valence-electron chi connectivity index (χ3n) is 5.95. The van der Waals surface area contributed by atoms with E-state index in [1.165, 1.54) is 17.7 Å². The molecule has 2 fully saturated rings. The second-order valence-electron chi connectivity index (χ2n) is 10.3. The highest BCUT2D eigenvalue weighted by Crippen LogP contribution is 2.56. The zero-order valence-corrected chi connectivity index (χ0v) is 21.2. The monoisotopic (exact) mass is 482 g/mol. The smallest absolute Gasteiger partial charge is 0.349 e. The van der Waals surface area contributed by atoms with Crippen molar-refractivity contribution in [3.8, 4) is 0 Å². The predicted octanol–water partition coefficient (Wildman–Crippen LogP) is 2.72. The van der Waals surface area contributed by atoms with E-state index in [-0.39, 0.29) is 27.5 Å². The lowest BCUT2D eigenvalue weighted by Gasteiger charge is -2.53. The van der Waals surface area contributed by atoms with Gasteiger partial charge >= 0.3 is 19.4 Å². The van der Waals surface area contributed by atoms with Crippen LogP contribution < -0.4 is 10.6 Å². The Kier molecular flexibility index (Phi) is 5.52. The molecular formula is C20H30N4O6SSi. The standard InChI is InChI=1S/C20H30N4O6SSi/c1-10(25)28-14-13-11(9-27-32(30-13,19(2,3)4)20(5,6)7)29-16(14)24-15-12(31-18(24)26)8-22-17(21)23-15/h8,11,13-14,16H,9H2,1-7H3,(H2,21,22,23)/t11-,13+,14-,16-/m1/s1. The fourth-order valence-corrected chi connectivity index (χ4v) is 10.7. The fraction of sp³-hybridized carbons (Fsp3) is 0.700. The third kappa shape index (κ3) is 3.57. The van der Waals surface area contributed by atoms with Crippen LogP contribution in [0.15, 0.2) is 11.0 Å². The van der Waals surface area contributed by atoms with Gasteiger partial charge in [0.05, 0.1) is 17.5 Å². The molecule has 2 aromatic heterocycles. The number of thiazole rings is 1. The van der Waals surface area contributed by atoms with E-state index in [4.69, 9.17) is 24.1 Å². The van der Waals surface area contributed by atoms with E-state index in [1.807, 2.05) is 0 Å². The Balaban J connectivity index is 1.81. The molecule has 0 aromatic carbocycles. The summed E-state index contributed by atoms with van der Waals surface area (Å²) in [5.41, 5.74) is 6.10. The van der Waals surface area contributed by atoms with E-state index in [9.17, 15) is 9.59 Å². The molecular weight excluding hydrogens is 452 g/mol. The number of fused-ring (bicyclic) bond motifs is 2. The van der Waals surface area contributed by atoms with Gasteiger partial charge in [0.15, 0.2) is 18.0 Å². The average molecular weight is 483 g/mol. The summed E-state index contributed by atoms with van der Waals surface area (Å²) >= 11 is 0.980. The van der Waals surface area contributed by atoms with Crippen LogP contribution in [0.25, 0.3) is 10.3 Å². The number of rotatable bonds is 2. The van der Waals surface area contributed by atoms with Crippen LogP contribution >= 0.6 is 11.3 Å². The van der Waals surface area contributed by atoms with Crippen molar-refractivity contribution < 1.29 is 23.1 Å². The highest BCUT2D eigenvalue weighted by molar-refractivity contribution is 7.16. The maximum Gasteiger partial charge on any atom is 0.349 e. The van der Waals surface area contributed by atoms with Gasteiger partial charge in [0.25, 0.3) is 0 Å². The van der Waals surface area contributed by atoms with Crippen LogP contribution in [0.3, 0.4) is 0 Å². The molecule has 2 N–H and O–H groups in total. The minimum absolute atomic E-state index is 0.0370. The van der Waals surface area contributed by atoms with E-state index in [1.54, 1.807) is 0 Å². The lowest BCUT2D eigenvalue weighted by molar-refractivity contribution is -0.155. The predicted molar refractivity (Wildman–Crippen MR) is 122 cm³/mol. The molecule has 0 spiro atoms. The molecule has 4 atom stereocenters. The Morgan fingerprint density at radius 3 is 2.53 bits per heavy atom. The lowest BCUT2D eigenvalue weighted by atomic mass is 10.1. The van der Waals surface area contributed by atoms with Gasteiger partial charge in [-0.3, -0.25) is 14.2 Å². The van der Waals surface area contributed by atoms with Crippen LogP contribution in [0.1, 0.15) is 54.7 Å². The Morgan fingerprint density at radius 1 is 1.28 bits per heavy atom. The first-order chi connectivity index (χ1) is 14.7. The largest absolute Gasteiger partial charge is 0.455 e. The van der Waals surface area contributed by atoms with Crippen LogP contribution in [0.2, 0.25) is 10.1 Å². The first kappa shape index (κ1) is 23.3. The minimum Gasteiger partial charge on any atom is -0.455 e. The first-order valence-corrected chi connectivity index (χ1v) is 13.2. The number of hydrogen-bond acceptors (Lipinski definition) is 10. The van der Waals surface area contributed by atoms with Crippen molar-refractivity contribution in [1.82, 2.24) is 14.5 Å². The van der Waals surface area contributed by atoms with E-state index < -0.39 is 39.1 Å². The van der Waals surface area contributed by atoms with Crippen molar-refractivity contribution in [1.29, 1.82) is 0 Å². The maximum atomic E-state index is 12.9. The van der Waals surface area contributed by atoms with Gasteiger partial charge in [-0.15, -0.1) is 0 Å². The number of nitrogens with zero attached hydrogens (tertiary/aromatic N) is 3. The number of carbonyl (C=O) groups excluding carboxylic acids is 1. The van der Waals surface area contributed by atoms with Crippen molar-refractivity contribution in [3.63, 3.8) is 0 Å². The number of hydrogen-bond donors (Lipinski definition) is 1. The van der Waals surface area contributed by atoms with Crippen molar-refractivity contribution in [2.24, 2.45) is 0 Å². The summed E-state index contributed by atoms with van der Waals surface area (Å²) in [6, 6.07) is 0. The number of ether oxygens (including phenoxy) is 2. The molecule has 2 aromatic rings. The molecule has 0 aliphatic carbocycles. The minimum atomic E-state index is -2.86. The van der Waals surface area contributed by atoms with Crippen molar-refractivity contribution in [2.75, 3.05) is 12.3 Å². The van der Waals surface area contributed by atoms with Crippen molar-refractivity contribution in [3.05, 3.63) is 15.9 Å². The maximum absolute atomic E-state index is 12.9. The molecule has 12 heteroatoms. The molecule has 32 heavy (non-hydrogen) atoms. The molecule has 0 bridgehead atoms. The summed E-state index contributed by atoms with van der Waals surface area (Å²) in [6.45, 7) is 14.3. The van der Waals surface area contributed by atoms with Gasteiger partial charge in [-0.2, -0.15) is 4.98 Å². The average Bonchev–Trinajstić information content (AvgIpc) is 3.15. The second-order valence-corrected chi connectivity index (χ2v) is 16.1. The van der Waals surface area contributed by atoms with Gasteiger partial charge in [-0.05, 0) is 0 Å². The number of nitrogens with two attached hydrogens (primary N) is 1. The topological polar surface area (TPSA) is 128 Å². The van der Waals surface area contributed by atoms with Crippen molar-refractivity contribution >= 4 is 42.2 Å². The van der Waals surface area contributed by atoms with Crippen molar-refractivity contribution in [2.45, 2.75) is 83.1 Å². The fourth-order valence-electron chi connectivity index (χ4n) is 4.92. The number of aromatic nitrogens is 3. The third-order valence-corrected chi connectivity index (χ3v) is 12.0. The molecule has 4 rings (SSSR count). The van der Waals surface area contributed by atoms with Gasteiger partial charge < -0.3 is 24.1 Å². The highest BCUT2D eigenvalue weighted by atomic mass is 32.1. The highest BCUT2D eigenvalue weighted by Gasteiger charge is 2.65. The molecule has 0 saturated carbocycles. The molecule has 2 aliphatic rings. The number of anilines is 1. The van der Waals surface area contributed by atoms with E-state index >= 15 is 0 Å². The lowest BCUT2D eigenvalue weighted by Crippen LogP contribution is -2.65. The van der Waals surface area contributed by atoms with Gasteiger partial charge in [-0.1, -0.05) is 52.9 Å². The quantitative estimate of drug-likeness (QED) is 0.507. The molecule has 2 aliphatic heterocycles. The molecule has 0 amide bonds. The van der Waals surface area contributed by atoms with E-state index in [0.717, 1.165) is 11.3 Å². The second kappa shape index (κ2) is 7.59. The summed E-state index contributed by atoms with van der Waals surface area (Å²) in [6.07, 6.45) is -1.35. The number of carbonyl (C=O) groups is 1. The molecule has 176 valence electrons.